The Morgan fingerprint density at radius 1 is 0.909 bits per heavy atom. The lowest BCUT2D eigenvalue weighted by Gasteiger charge is -2.33. The summed E-state index contributed by atoms with van der Waals surface area (Å²) in [7, 11) is -3.04. The van der Waals surface area contributed by atoms with Crippen molar-refractivity contribution in [2.45, 2.75) is 19.5 Å². The van der Waals surface area contributed by atoms with Gasteiger partial charge in [0.2, 0.25) is 5.91 Å². The summed E-state index contributed by atoms with van der Waals surface area (Å²) in [4.78, 5) is 15.5. The predicted molar refractivity (Wildman–Crippen MR) is 133 cm³/mol. The van der Waals surface area contributed by atoms with Gasteiger partial charge in [0.05, 0.1) is 11.5 Å². The molecule has 0 radical (unpaired) electrons. The summed E-state index contributed by atoms with van der Waals surface area (Å²) in [5.74, 6) is -0.00265. The molecule has 0 spiro atoms. The van der Waals surface area contributed by atoms with E-state index in [0.29, 0.717) is 13.1 Å². The van der Waals surface area contributed by atoms with E-state index in [1.165, 1.54) is 5.52 Å². The summed E-state index contributed by atoms with van der Waals surface area (Å²) in [5.41, 5.74) is 3.91. The lowest BCUT2D eigenvalue weighted by Crippen LogP contribution is -2.46. The molecule has 6 nitrogen and oxygen atoms in total. The van der Waals surface area contributed by atoms with E-state index in [-0.39, 0.29) is 17.4 Å². The van der Waals surface area contributed by atoms with E-state index in [0.717, 1.165) is 34.1 Å². The normalized spacial score (nSPS) is 17.2. The molecule has 7 heteroatoms. The lowest BCUT2D eigenvalue weighted by molar-refractivity contribution is -0.121. The number of benzene rings is 3. The number of aromatic nitrogens is 1. The van der Waals surface area contributed by atoms with Crippen molar-refractivity contribution < 1.29 is 13.2 Å². The van der Waals surface area contributed by atoms with Gasteiger partial charge in [-0.3, -0.25) is 9.69 Å². The molecule has 33 heavy (non-hydrogen) atoms. The Morgan fingerprint density at radius 3 is 2.30 bits per heavy atom. The van der Waals surface area contributed by atoms with Gasteiger partial charge < -0.3 is 9.88 Å². The number of rotatable bonds is 5. The maximum Gasteiger partial charge on any atom is 0.246 e. The van der Waals surface area contributed by atoms with Gasteiger partial charge in [0.1, 0.15) is 6.04 Å². The number of carbonyl (C=O) groups is 1. The number of anilines is 1. The first-order valence-electron chi connectivity index (χ1n) is 11.3. The van der Waals surface area contributed by atoms with Gasteiger partial charge in [-0.15, -0.1) is 0 Å². The second-order valence-electron chi connectivity index (χ2n) is 8.48. The van der Waals surface area contributed by atoms with Crippen LogP contribution in [0.15, 0.2) is 72.8 Å². The third-order valence-corrected chi connectivity index (χ3v) is 8.07. The Hall–Kier alpha value is -3.16. The molecular weight excluding hydrogens is 434 g/mol. The zero-order chi connectivity index (χ0) is 23.0. The molecule has 1 atom stereocenters. The lowest BCUT2D eigenvalue weighted by atomic mass is 10.0. The molecule has 2 heterocycles. The van der Waals surface area contributed by atoms with Crippen molar-refractivity contribution in [3.63, 3.8) is 0 Å². The Balaban J connectivity index is 1.49. The highest BCUT2D eigenvalue weighted by Crippen LogP contribution is 2.32. The van der Waals surface area contributed by atoms with Crippen molar-refractivity contribution in [1.29, 1.82) is 0 Å². The summed E-state index contributed by atoms with van der Waals surface area (Å²) < 4.78 is 26.2. The maximum atomic E-state index is 13.5. The van der Waals surface area contributed by atoms with Gasteiger partial charge in [-0.25, -0.2) is 8.42 Å². The average molecular weight is 462 g/mol. The summed E-state index contributed by atoms with van der Waals surface area (Å²) >= 11 is 0. The topological polar surface area (TPSA) is 71.4 Å². The largest absolute Gasteiger partial charge is 0.341 e. The molecule has 0 saturated carbocycles. The van der Waals surface area contributed by atoms with Crippen LogP contribution in [0.2, 0.25) is 0 Å². The average Bonchev–Trinajstić information content (AvgIpc) is 3.14. The van der Waals surface area contributed by atoms with E-state index < -0.39 is 15.9 Å². The van der Waals surface area contributed by atoms with Gasteiger partial charge in [-0.2, -0.15) is 0 Å². The second kappa shape index (κ2) is 8.65. The molecule has 1 aliphatic rings. The van der Waals surface area contributed by atoms with Gasteiger partial charge >= 0.3 is 0 Å². The molecule has 4 aromatic rings. The number of amides is 1. The quantitative estimate of drug-likeness (QED) is 0.483. The van der Waals surface area contributed by atoms with Crippen molar-refractivity contribution in [1.82, 2.24) is 9.47 Å². The van der Waals surface area contributed by atoms with E-state index in [4.69, 9.17) is 0 Å². The summed E-state index contributed by atoms with van der Waals surface area (Å²) in [5, 5.41) is 5.36. The monoisotopic (exact) mass is 461 g/mol. The van der Waals surface area contributed by atoms with Crippen molar-refractivity contribution in [3.8, 4) is 0 Å². The second-order valence-corrected chi connectivity index (χ2v) is 10.8. The standard InChI is InChI=1S/C26H27N3O3S/c1-2-29-23-11-7-6-10-21(23)22-18-20(12-13-24(22)29)27-26(30)25(19-8-4-3-5-9-19)28-14-16-33(31,32)17-15-28/h3-13,18,25H,2,14-17H2,1H3,(H,27,30). The molecule has 1 saturated heterocycles. The highest BCUT2D eigenvalue weighted by Gasteiger charge is 2.32. The van der Waals surface area contributed by atoms with E-state index in [1.807, 2.05) is 59.5 Å². The maximum absolute atomic E-state index is 13.5. The Labute approximate surface area is 193 Å². The minimum atomic E-state index is -3.04. The number of nitrogens with one attached hydrogen (secondary N) is 1. The number of aryl methyl sites for hydroxylation is 1. The van der Waals surface area contributed by atoms with Gasteiger partial charge in [0.25, 0.3) is 0 Å². The molecule has 1 aromatic heterocycles. The summed E-state index contributed by atoms with van der Waals surface area (Å²) in [6, 6.07) is 23.3. The predicted octanol–water partition coefficient (Wildman–Crippen LogP) is 4.22. The molecule has 0 bridgehead atoms. The highest BCUT2D eigenvalue weighted by molar-refractivity contribution is 7.91. The van der Waals surface area contributed by atoms with Crippen LogP contribution in [0.5, 0.6) is 0 Å². The zero-order valence-corrected chi connectivity index (χ0v) is 19.4. The number of hydrogen-bond donors (Lipinski definition) is 1. The highest BCUT2D eigenvalue weighted by atomic mass is 32.2. The molecule has 1 fully saturated rings. The van der Waals surface area contributed by atoms with E-state index in [2.05, 4.69) is 35.0 Å². The van der Waals surface area contributed by atoms with Gasteiger partial charge in [-0.05, 0) is 36.8 Å². The zero-order valence-electron chi connectivity index (χ0n) is 18.6. The minimum Gasteiger partial charge on any atom is -0.341 e. The van der Waals surface area contributed by atoms with Crippen molar-refractivity contribution in [2.75, 3.05) is 29.9 Å². The molecule has 1 amide bonds. The van der Waals surface area contributed by atoms with Gasteiger partial charge in [0.15, 0.2) is 9.84 Å². The first kappa shape index (κ1) is 21.7. The molecule has 1 aliphatic heterocycles. The van der Waals surface area contributed by atoms with Crippen molar-refractivity contribution in [2.24, 2.45) is 0 Å². The van der Waals surface area contributed by atoms with E-state index >= 15 is 0 Å². The molecule has 3 aromatic carbocycles. The Bertz CT molecular complexity index is 1410. The van der Waals surface area contributed by atoms with Crippen LogP contribution in [0.3, 0.4) is 0 Å². The minimum absolute atomic E-state index is 0.0755. The Morgan fingerprint density at radius 2 is 1.58 bits per heavy atom. The number of sulfone groups is 1. The molecule has 1 N–H and O–H groups in total. The van der Waals surface area contributed by atoms with E-state index in [9.17, 15) is 13.2 Å². The fourth-order valence-electron chi connectivity index (χ4n) is 4.83. The molecular formula is C26H27N3O3S. The molecule has 5 rings (SSSR count). The van der Waals surface area contributed by atoms with Crippen LogP contribution < -0.4 is 5.32 Å². The van der Waals surface area contributed by atoms with Gasteiger partial charge in [-0.1, -0.05) is 48.5 Å². The van der Waals surface area contributed by atoms with Crippen LogP contribution in [0.25, 0.3) is 21.8 Å². The van der Waals surface area contributed by atoms with Gasteiger partial charge in [0, 0.05) is 47.1 Å². The molecule has 0 aliphatic carbocycles. The van der Waals surface area contributed by atoms with E-state index in [1.54, 1.807) is 0 Å². The molecule has 1 unspecified atom stereocenters. The number of fused-ring (bicyclic) bond motifs is 3. The van der Waals surface area contributed by atoms with Crippen molar-refractivity contribution in [3.05, 3.63) is 78.4 Å². The van der Waals surface area contributed by atoms with Crippen LogP contribution in [0, 0.1) is 0 Å². The Kier molecular flexibility index (Phi) is 5.68. The van der Waals surface area contributed by atoms with Crippen LogP contribution in [-0.4, -0.2) is 48.4 Å². The SMILES string of the molecule is CCn1c2ccccc2c2cc(NC(=O)C(c3ccccc3)N3CCS(=O)(=O)CC3)ccc21. The van der Waals surface area contributed by atoms with Crippen LogP contribution in [0.1, 0.15) is 18.5 Å². The van der Waals surface area contributed by atoms with Crippen LogP contribution in [0.4, 0.5) is 5.69 Å². The number of para-hydroxylation sites is 1. The summed E-state index contributed by atoms with van der Waals surface area (Å²) in [6.07, 6.45) is 0. The number of hydrogen-bond acceptors (Lipinski definition) is 4. The third-order valence-electron chi connectivity index (χ3n) is 6.46. The third kappa shape index (κ3) is 4.14. The van der Waals surface area contributed by atoms with Crippen LogP contribution >= 0.6 is 0 Å². The first-order chi connectivity index (χ1) is 16.0. The fraction of sp³-hybridized carbons (Fsp3) is 0.269. The number of carbonyl (C=O) groups excluding carboxylic acids is 1. The fourth-order valence-corrected chi connectivity index (χ4v) is 6.06. The van der Waals surface area contributed by atoms with Crippen molar-refractivity contribution >= 4 is 43.2 Å². The summed E-state index contributed by atoms with van der Waals surface area (Å²) in [6.45, 7) is 3.69. The smallest absolute Gasteiger partial charge is 0.246 e. The van der Waals surface area contributed by atoms with Crippen LogP contribution in [-0.2, 0) is 21.2 Å². The molecule has 170 valence electrons. The first-order valence-corrected chi connectivity index (χ1v) is 13.1. The number of nitrogens with zero attached hydrogens (tertiary/aromatic N) is 2.